The third-order valence-corrected chi connectivity index (χ3v) is 5.68. The van der Waals surface area contributed by atoms with Gasteiger partial charge in [-0.2, -0.15) is 0 Å². The number of para-hydroxylation sites is 1. The van der Waals surface area contributed by atoms with Gasteiger partial charge in [0.25, 0.3) is 0 Å². The second-order valence-corrected chi connectivity index (χ2v) is 7.82. The number of benzene rings is 1. The van der Waals surface area contributed by atoms with E-state index in [1.54, 1.807) is 6.26 Å². The maximum absolute atomic E-state index is 5.74. The minimum Gasteiger partial charge on any atom is -0.469 e. The Balaban J connectivity index is 1.28. The quantitative estimate of drug-likeness (QED) is 0.556. The highest BCUT2D eigenvalue weighted by Crippen LogP contribution is 2.19. The maximum atomic E-state index is 5.74. The van der Waals surface area contributed by atoms with Crippen molar-refractivity contribution in [2.75, 3.05) is 37.7 Å². The molecule has 0 amide bonds. The highest BCUT2D eigenvalue weighted by atomic mass is 16.5. The molecule has 0 aliphatic carbocycles. The lowest BCUT2D eigenvalue weighted by molar-refractivity contribution is 0.117. The fourth-order valence-electron chi connectivity index (χ4n) is 4.01. The van der Waals surface area contributed by atoms with Crippen molar-refractivity contribution in [1.82, 2.24) is 10.6 Å². The van der Waals surface area contributed by atoms with Crippen LogP contribution in [0.3, 0.4) is 0 Å². The summed E-state index contributed by atoms with van der Waals surface area (Å²) >= 11 is 0. The summed E-state index contributed by atoms with van der Waals surface area (Å²) in [6.07, 6.45) is 7.30. The molecule has 2 saturated heterocycles. The van der Waals surface area contributed by atoms with Crippen LogP contribution in [0.5, 0.6) is 0 Å². The summed E-state index contributed by atoms with van der Waals surface area (Å²) in [6, 6.07) is 15.1. The monoisotopic (exact) mass is 396 g/mol. The number of ether oxygens (including phenoxy) is 1. The fourth-order valence-corrected chi connectivity index (χ4v) is 4.01. The second kappa shape index (κ2) is 10.3. The maximum Gasteiger partial charge on any atom is 0.191 e. The molecular weight excluding hydrogens is 364 g/mol. The summed E-state index contributed by atoms with van der Waals surface area (Å²) in [4.78, 5) is 7.29. The van der Waals surface area contributed by atoms with Gasteiger partial charge in [0.15, 0.2) is 5.96 Å². The number of nitrogens with zero attached hydrogens (tertiary/aromatic N) is 2. The molecule has 0 saturated carbocycles. The largest absolute Gasteiger partial charge is 0.469 e. The summed E-state index contributed by atoms with van der Waals surface area (Å²) in [5.41, 5.74) is 1.31. The second-order valence-electron chi connectivity index (χ2n) is 7.82. The van der Waals surface area contributed by atoms with Crippen LogP contribution >= 0.6 is 0 Å². The molecule has 29 heavy (non-hydrogen) atoms. The van der Waals surface area contributed by atoms with Gasteiger partial charge in [-0.05, 0) is 49.9 Å². The van der Waals surface area contributed by atoms with Crippen LogP contribution in [-0.2, 0) is 11.2 Å². The van der Waals surface area contributed by atoms with E-state index in [0.29, 0.717) is 6.04 Å². The van der Waals surface area contributed by atoms with Crippen LogP contribution in [0.4, 0.5) is 5.69 Å². The molecule has 3 heterocycles. The molecule has 2 aliphatic heterocycles. The Kier molecular flexibility index (Phi) is 7.08. The van der Waals surface area contributed by atoms with Crippen molar-refractivity contribution in [3.8, 4) is 0 Å². The number of hydrogen-bond donors (Lipinski definition) is 2. The zero-order valence-corrected chi connectivity index (χ0v) is 17.1. The molecule has 1 aromatic heterocycles. The van der Waals surface area contributed by atoms with Crippen LogP contribution in [0, 0.1) is 0 Å². The molecule has 0 bridgehead atoms. The van der Waals surface area contributed by atoms with Crippen molar-refractivity contribution in [3.05, 3.63) is 54.5 Å². The third kappa shape index (κ3) is 6.00. The van der Waals surface area contributed by atoms with E-state index >= 15 is 0 Å². The van der Waals surface area contributed by atoms with Gasteiger partial charge in [0.05, 0.1) is 18.9 Å². The van der Waals surface area contributed by atoms with E-state index in [0.717, 1.165) is 76.6 Å². The number of rotatable bonds is 7. The van der Waals surface area contributed by atoms with Crippen molar-refractivity contribution in [2.45, 2.75) is 44.2 Å². The normalized spacial score (nSPS) is 20.8. The van der Waals surface area contributed by atoms with Gasteiger partial charge >= 0.3 is 0 Å². The van der Waals surface area contributed by atoms with Gasteiger partial charge < -0.3 is 24.7 Å². The summed E-state index contributed by atoms with van der Waals surface area (Å²) in [5, 5.41) is 7.14. The number of furan rings is 1. The lowest BCUT2D eigenvalue weighted by atomic mass is 10.0. The molecule has 156 valence electrons. The summed E-state index contributed by atoms with van der Waals surface area (Å²) < 4.78 is 11.2. The average molecular weight is 397 g/mol. The highest BCUT2D eigenvalue weighted by Gasteiger charge is 2.21. The first-order valence-electron chi connectivity index (χ1n) is 10.9. The first-order valence-corrected chi connectivity index (χ1v) is 10.9. The Morgan fingerprint density at radius 2 is 1.93 bits per heavy atom. The van der Waals surface area contributed by atoms with Crippen molar-refractivity contribution >= 4 is 11.6 Å². The van der Waals surface area contributed by atoms with E-state index in [4.69, 9.17) is 14.1 Å². The minimum atomic E-state index is 0.263. The van der Waals surface area contributed by atoms with E-state index in [1.807, 2.05) is 12.1 Å². The van der Waals surface area contributed by atoms with Gasteiger partial charge in [-0.15, -0.1) is 0 Å². The van der Waals surface area contributed by atoms with Crippen molar-refractivity contribution in [1.29, 1.82) is 0 Å². The number of anilines is 1. The first-order chi connectivity index (χ1) is 14.4. The molecule has 4 rings (SSSR count). The van der Waals surface area contributed by atoms with Crippen LogP contribution in [0.1, 0.15) is 31.4 Å². The van der Waals surface area contributed by atoms with Crippen LogP contribution in [0.25, 0.3) is 0 Å². The van der Waals surface area contributed by atoms with E-state index in [1.165, 1.54) is 5.69 Å². The zero-order valence-electron chi connectivity index (χ0n) is 17.1. The summed E-state index contributed by atoms with van der Waals surface area (Å²) in [5.74, 6) is 1.89. The molecule has 2 aromatic rings. The Bertz CT molecular complexity index is 734. The van der Waals surface area contributed by atoms with E-state index in [-0.39, 0.29) is 6.10 Å². The molecule has 6 nitrogen and oxygen atoms in total. The molecule has 2 aliphatic rings. The molecule has 1 atom stereocenters. The average Bonchev–Trinajstić information content (AvgIpc) is 3.47. The van der Waals surface area contributed by atoms with E-state index < -0.39 is 0 Å². The third-order valence-electron chi connectivity index (χ3n) is 5.68. The van der Waals surface area contributed by atoms with Gasteiger partial charge in [0.1, 0.15) is 5.76 Å². The van der Waals surface area contributed by atoms with Gasteiger partial charge in [0, 0.05) is 44.4 Å². The van der Waals surface area contributed by atoms with Crippen LogP contribution in [-0.4, -0.2) is 50.9 Å². The molecule has 6 heteroatoms. The predicted octanol–water partition coefficient (Wildman–Crippen LogP) is 3.21. The van der Waals surface area contributed by atoms with Crippen LogP contribution in [0.15, 0.2) is 58.1 Å². The van der Waals surface area contributed by atoms with E-state index in [2.05, 4.69) is 45.9 Å². The Hall–Kier alpha value is -2.47. The van der Waals surface area contributed by atoms with Crippen molar-refractivity contribution in [2.24, 2.45) is 4.99 Å². The molecule has 2 N–H and O–H groups in total. The topological polar surface area (TPSA) is 62.0 Å². The fraction of sp³-hybridized carbons (Fsp3) is 0.522. The number of hydrogen-bond acceptors (Lipinski definition) is 4. The molecule has 2 fully saturated rings. The summed E-state index contributed by atoms with van der Waals surface area (Å²) in [7, 11) is 0. The highest BCUT2D eigenvalue weighted by molar-refractivity contribution is 5.80. The Morgan fingerprint density at radius 3 is 2.66 bits per heavy atom. The van der Waals surface area contributed by atoms with Crippen molar-refractivity contribution in [3.63, 3.8) is 0 Å². The molecule has 1 unspecified atom stereocenters. The van der Waals surface area contributed by atoms with Gasteiger partial charge in [-0.1, -0.05) is 18.2 Å². The molecule has 0 spiro atoms. The van der Waals surface area contributed by atoms with Crippen LogP contribution in [0.2, 0.25) is 0 Å². The van der Waals surface area contributed by atoms with E-state index in [9.17, 15) is 0 Å². The molecule has 1 aromatic carbocycles. The smallest absolute Gasteiger partial charge is 0.191 e. The molecular formula is C23H32N4O2. The zero-order chi connectivity index (χ0) is 19.7. The van der Waals surface area contributed by atoms with Crippen LogP contribution < -0.4 is 15.5 Å². The van der Waals surface area contributed by atoms with Gasteiger partial charge in [-0.25, -0.2) is 0 Å². The number of nitrogens with one attached hydrogen (secondary N) is 2. The number of aliphatic imine (C=N–C) groups is 1. The SMILES string of the molecule is c1ccc(N2CCC(NC(=NCC3CCCO3)NCCc3ccco3)CC2)cc1. The number of guanidine groups is 1. The Labute approximate surface area is 173 Å². The van der Waals surface area contributed by atoms with Gasteiger partial charge in [0.2, 0.25) is 0 Å². The van der Waals surface area contributed by atoms with Crippen molar-refractivity contribution < 1.29 is 9.15 Å². The lowest BCUT2D eigenvalue weighted by Gasteiger charge is -2.34. The predicted molar refractivity (Wildman–Crippen MR) is 117 cm³/mol. The first kappa shape index (κ1) is 19.8. The summed E-state index contributed by atoms with van der Waals surface area (Å²) in [6.45, 7) is 4.51. The Morgan fingerprint density at radius 1 is 1.07 bits per heavy atom. The van der Waals surface area contributed by atoms with Gasteiger partial charge in [-0.3, -0.25) is 4.99 Å². The number of piperidine rings is 1. The minimum absolute atomic E-state index is 0.263. The lowest BCUT2D eigenvalue weighted by Crippen LogP contribution is -2.49. The molecule has 0 radical (unpaired) electrons. The standard InChI is InChI=1S/C23H32N4O2/c1-2-6-20(7-3-1)27-14-11-19(12-15-27)26-23(25-18-22-9-5-17-29-22)24-13-10-21-8-4-16-28-21/h1-4,6-8,16,19,22H,5,9-15,17-18H2,(H2,24,25,26).